The molecular formula is C19H21NO5. The van der Waals surface area contributed by atoms with Gasteiger partial charge >= 0.3 is 5.97 Å². The molecule has 1 spiro atoms. The van der Waals surface area contributed by atoms with E-state index >= 15 is 0 Å². The van der Waals surface area contributed by atoms with Gasteiger partial charge in [0.15, 0.2) is 0 Å². The monoisotopic (exact) mass is 343 g/mol. The molecule has 0 aliphatic carbocycles. The van der Waals surface area contributed by atoms with Gasteiger partial charge in [-0.2, -0.15) is 0 Å². The zero-order valence-corrected chi connectivity index (χ0v) is 14.2. The molecule has 2 fully saturated rings. The Kier molecular flexibility index (Phi) is 3.80. The fourth-order valence-electron chi connectivity index (χ4n) is 4.24. The van der Waals surface area contributed by atoms with Crippen LogP contribution in [-0.4, -0.2) is 48.2 Å². The van der Waals surface area contributed by atoms with Crippen LogP contribution in [0.2, 0.25) is 0 Å². The molecule has 4 rings (SSSR count). The summed E-state index contributed by atoms with van der Waals surface area (Å²) in [6.45, 7) is 3.73. The molecule has 0 saturated carbocycles. The molecule has 1 aromatic carbocycles. The number of aliphatic carboxylic acids is 1. The molecule has 0 radical (unpaired) electrons. The number of furan rings is 1. The number of hydrogen-bond acceptors (Lipinski definition) is 4. The molecule has 2 aliphatic heterocycles. The van der Waals surface area contributed by atoms with Crippen molar-refractivity contribution in [1.82, 2.24) is 4.90 Å². The quantitative estimate of drug-likeness (QED) is 0.907. The fraction of sp³-hybridized carbons (Fsp3) is 0.474. The smallest absolute Gasteiger partial charge is 0.308 e. The number of hydrogen-bond donors (Lipinski definition) is 1. The first-order valence-electron chi connectivity index (χ1n) is 8.59. The van der Waals surface area contributed by atoms with Gasteiger partial charge in [-0.1, -0.05) is 0 Å². The van der Waals surface area contributed by atoms with Crippen LogP contribution in [0.25, 0.3) is 11.0 Å². The second kappa shape index (κ2) is 5.88. The number of ether oxygens (including phenoxy) is 1. The molecule has 6 nitrogen and oxygen atoms in total. The second-order valence-electron chi connectivity index (χ2n) is 7.16. The lowest BCUT2D eigenvalue weighted by atomic mass is 9.72. The van der Waals surface area contributed by atoms with Crippen molar-refractivity contribution >= 4 is 22.8 Å². The molecule has 2 aliphatic rings. The molecular weight excluding hydrogens is 322 g/mol. The molecule has 0 bridgehead atoms. The molecule has 25 heavy (non-hydrogen) atoms. The van der Waals surface area contributed by atoms with Crippen molar-refractivity contribution in [2.45, 2.75) is 19.8 Å². The van der Waals surface area contributed by atoms with Crippen molar-refractivity contribution in [3.8, 4) is 0 Å². The summed E-state index contributed by atoms with van der Waals surface area (Å²) in [5, 5.41) is 10.5. The summed E-state index contributed by atoms with van der Waals surface area (Å²) in [6, 6.07) is 7.26. The molecule has 1 amide bonds. The Hall–Kier alpha value is -2.34. The first-order chi connectivity index (χ1) is 12.0. The van der Waals surface area contributed by atoms with Crippen LogP contribution < -0.4 is 0 Å². The minimum absolute atomic E-state index is 0.115. The van der Waals surface area contributed by atoms with Gasteiger partial charge in [0.25, 0.3) is 5.91 Å². The highest BCUT2D eigenvalue weighted by atomic mass is 16.5. The number of benzene rings is 1. The highest BCUT2D eigenvalue weighted by molar-refractivity contribution is 5.98. The van der Waals surface area contributed by atoms with E-state index in [2.05, 4.69) is 0 Å². The largest absolute Gasteiger partial charge is 0.481 e. The Labute approximate surface area is 145 Å². The third-order valence-corrected chi connectivity index (χ3v) is 5.61. The SMILES string of the molecule is Cc1cc2cc(C(=O)N3CC(C(=O)O)C4(CCOCC4)C3)ccc2o1. The fourth-order valence-corrected chi connectivity index (χ4v) is 4.24. The lowest BCUT2D eigenvalue weighted by Gasteiger charge is -2.36. The van der Waals surface area contributed by atoms with Crippen LogP contribution in [0.5, 0.6) is 0 Å². The Morgan fingerprint density at radius 2 is 2.00 bits per heavy atom. The standard InChI is InChI=1S/C19H21NO5/c1-12-8-14-9-13(2-3-16(14)25-12)17(21)20-10-15(18(22)23)19(11-20)4-6-24-7-5-19/h2-3,8-9,15H,4-7,10-11H2,1H3,(H,22,23). The summed E-state index contributed by atoms with van der Waals surface area (Å²) in [7, 11) is 0. The van der Waals surface area contributed by atoms with Gasteiger partial charge in [0, 0.05) is 42.7 Å². The van der Waals surface area contributed by atoms with Crippen molar-refractivity contribution < 1.29 is 23.8 Å². The van der Waals surface area contributed by atoms with Gasteiger partial charge < -0.3 is 19.2 Å². The van der Waals surface area contributed by atoms with E-state index in [9.17, 15) is 14.7 Å². The lowest BCUT2D eigenvalue weighted by Crippen LogP contribution is -2.40. The molecule has 132 valence electrons. The number of carbonyl (C=O) groups excluding carboxylic acids is 1. The van der Waals surface area contributed by atoms with Crippen LogP contribution in [0, 0.1) is 18.3 Å². The summed E-state index contributed by atoms with van der Waals surface area (Å²) in [5.41, 5.74) is 0.956. The van der Waals surface area contributed by atoms with E-state index in [1.54, 1.807) is 17.0 Å². The summed E-state index contributed by atoms with van der Waals surface area (Å²) in [4.78, 5) is 26.4. The maximum Gasteiger partial charge on any atom is 0.308 e. The predicted molar refractivity (Wildman–Crippen MR) is 90.5 cm³/mol. The normalized spacial score (nSPS) is 22.6. The summed E-state index contributed by atoms with van der Waals surface area (Å²) < 4.78 is 11.0. The zero-order valence-electron chi connectivity index (χ0n) is 14.2. The van der Waals surface area contributed by atoms with Gasteiger partial charge in [0.05, 0.1) is 5.92 Å². The number of amides is 1. The number of carboxylic acids is 1. The van der Waals surface area contributed by atoms with Crippen LogP contribution in [0.15, 0.2) is 28.7 Å². The van der Waals surface area contributed by atoms with Gasteiger partial charge in [-0.05, 0) is 44.0 Å². The van der Waals surface area contributed by atoms with E-state index in [1.807, 2.05) is 19.1 Å². The summed E-state index contributed by atoms with van der Waals surface area (Å²) >= 11 is 0. The van der Waals surface area contributed by atoms with Crippen molar-refractivity contribution in [2.75, 3.05) is 26.3 Å². The molecule has 1 N–H and O–H groups in total. The Bertz CT molecular complexity index is 833. The predicted octanol–water partition coefficient (Wildman–Crippen LogP) is 2.69. The van der Waals surface area contributed by atoms with Gasteiger partial charge in [-0.3, -0.25) is 9.59 Å². The maximum absolute atomic E-state index is 13.0. The molecule has 1 unspecified atom stereocenters. The number of fused-ring (bicyclic) bond motifs is 1. The van der Waals surface area contributed by atoms with Crippen LogP contribution in [0.3, 0.4) is 0 Å². The van der Waals surface area contributed by atoms with Crippen LogP contribution in [-0.2, 0) is 9.53 Å². The lowest BCUT2D eigenvalue weighted by molar-refractivity contribution is -0.146. The van der Waals surface area contributed by atoms with Gasteiger partial charge in [-0.25, -0.2) is 0 Å². The molecule has 1 aromatic heterocycles. The van der Waals surface area contributed by atoms with E-state index < -0.39 is 11.9 Å². The molecule has 3 heterocycles. The van der Waals surface area contributed by atoms with Gasteiger partial charge in [0.1, 0.15) is 11.3 Å². The first-order valence-corrected chi connectivity index (χ1v) is 8.59. The maximum atomic E-state index is 13.0. The number of aryl methyl sites for hydroxylation is 1. The van der Waals surface area contributed by atoms with Crippen molar-refractivity contribution in [3.05, 3.63) is 35.6 Å². The number of carboxylic acid groups (broad SMARTS) is 1. The third kappa shape index (κ3) is 2.70. The number of rotatable bonds is 2. The van der Waals surface area contributed by atoms with E-state index in [0.717, 1.165) is 16.7 Å². The topological polar surface area (TPSA) is 80.0 Å². The average molecular weight is 343 g/mol. The highest BCUT2D eigenvalue weighted by Gasteiger charge is 2.52. The minimum Gasteiger partial charge on any atom is -0.481 e. The minimum atomic E-state index is -0.821. The van der Waals surface area contributed by atoms with Crippen LogP contribution >= 0.6 is 0 Å². The van der Waals surface area contributed by atoms with Crippen molar-refractivity contribution in [2.24, 2.45) is 11.3 Å². The van der Waals surface area contributed by atoms with E-state index in [0.29, 0.717) is 38.2 Å². The first kappa shape index (κ1) is 16.1. The molecule has 6 heteroatoms. The second-order valence-corrected chi connectivity index (χ2v) is 7.16. The molecule has 2 saturated heterocycles. The van der Waals surface area contributed by atoms with Crippen molar-refractivity contribution in [3.63, 3.8) is 0 Å². The number of likely N-dealkylation sites (tertiary alicyclic amines) is 1. The molecule has 2 aromatic rings. The van der Waals surface area contributed by atoms with E-state index in [-0.39, 0.29) is 17.9 Å². The van der Waals surface area contributed by atoms with Gasteiger partial charge in [0.2, 0.25) is 0 Å². The highest BCUT2D eigenvalue weighted by Crippen LogP contribution is 2.44. The Balaban J connectivity index is 1.62. The Morgan fingerprint density at radius 1 is 1.24 bits per heavy atom. The zero-order chi connectivity index (χ0) is 17.6. The van der Waals surface area contributed by atoms with E-state index in [4.69, 9.17) is 9.15 Å². The van der Waals surface area contributed by atoms with Gasteiger partial charge in [-0.15, -0.1) is 0 Å². The Morgan fingerprint density at radius 3 is 2.72 bits per heavy atom. The van der Waals surface area contributed by atoms with Crippen molar-refractivity contribution in [1.29, 1.82) is 0 Å². The van der Waals surface area contributed by atoms with Crippen LogP contribution in [0.4, 0.5) is 0 Å². The molecule has 1 atom stereocenters. The summed E-state index contributed by atoms with van der Waals surface area (Å²) in [6.07, 6.45) is 1.38. The summed E-state index contributed by atoms with van der Waals surface area (Å²) in [5.74, 6) is -0.665. The van der Waals surface area contributed by atoms with Crippen LogP contribution in [0.1, 0.15) is 29.0 Å². The third-order valence-electron chi connectivity index (χ3n) is 5.61. The number of nitrogens with zero attached hydrogens (tertiary/aromatic N) is 1. The van der Waals surface area contributed by atoms with E-state index in [1.165, 1.54) is 0 Å². The average Bonchev–Trinajstić information content (AvgIpc) is 3.14. The number of carbonyl (C=O) groups is 2.